The minimum atomic E-state index is 0.108. The summed E-state index contributed by atoms with van der Waals surface area (Å²) >= 11 is 6.54. The number of nitroso groups, excluding NO2 is 1. The summed E-state index contributed by atoms with van der Waals surface area (Å²) in [5, 5.41) is 8.18. The number of nitrogens with two attached hydrogens (primary N) is 1. The Morgan fingerprint density at radius 2 is 1.79 bits per heavy atom. The van der Waals surface area contributed by atoms with E-state index < -0.39 is 0 Å². The van der Waals surface area contributed by atoms with Gasteiger partial charge in [0.2, 0.25) is 0 Å². The fraction of sp³-hybridized carbons (Fsp3) is 0.0500. The summed E-state index contributed by atoms with van der Waals surface area (Å²) in [5.74, 6) is 0.661. The normalized spacial score (nSPS) is 10.8. The fourth-order valence-electron chi connectivity index (χ4n) is 2.94. The largest absolute Gasteiger partial charge is 0.383 e. The second-order valence-corrected chi connectivity index (χ2v) is 6.60. The number of hydrogen-bond donors (Lipinski definition) is 2. The van der Waals surface area contributed by atoms with Crippen LogP contribution in [-0.4, -0.2) is 15.0 Å². The Kier molecular flexibility index (Phi) is 4.58. The van der Waals surface area contributed by atoms with E-state index in [4.69, 9.17) is 17.3 Å². The van der Waals surface area contributed by atoms with E-state index in [0.29, 0.717) is 22.2 Å². The fourth-order valence-corrected chi connectivity index (χ4v) is 3.22. The predicted octanol–water partition coefficient (Wildman–Crippen LogP) is 5.38. The molecule has 3 N–H and O–H groups in total. The van der Waals surface area contributed by atoms with Gasteiger partial charge in [-0.15, -0.1) is 4.91 Å². The first-order chi connectivity index (χ1) is 13.6. The summed E-state index contributed by atoms with van der Waals surface area (Å²) in [5.41, 5.74) is 8.90. The Balaban J connectivity index is 1.79. The third-order valence-electron chi connectivity index (χ3n) is 4.40. The molecule has 0 radical (unpaired) electrons. The SMILES string of the molecule is Cc1ccc(-c2ncnc(Nc3ccc4c(N)nccc4c3Cl)c2N=O)cc1. The van der Waals surface area contributed by atoms with Crippen molar-refractivity contribution in [3.8, 4) is 11.3 Å². The molecule has 4 aromatic rings. The van der Waals surface area contributed by atoms with Gasteiger partial charge in [0.15, 0.2) is 11.5 Å². The molecule has 0 atom stereocenters. The number of aryl methyl sites for hydroxylation is 1. The van der Waals surface area contributed by atoms with Crippen LogP contribution in [0.4, 0.5) is 23.0 Å². The van der Waals surface area contributed by atoms with Crippen molar-refractivity contribution in [2.24, 2.45) is 5.18 Å². The maximum Gasteiger partial charge on any atom is 0.176 e. The Hall–Kier alpha value is -3.58. The molecule has 0 unspecified atom stereocenters. The number of anilines is 3. The lowest BCUT2D eigenvalue weighted by Gasteiger charge is -2.13. The Labute approximate surface area is 165 Å². The molecule has 8 heteroatoms. The lowest BCUT2D eigenvalue weighted by atomic mass is 10.1. The number of benzene rings is 2. The molecule has 0 aliphatic carbocycles. The van der Waals surface area contributed by atoms with E-state index in [-0.39, 0.29) is 11.5 Å². The van der Waals surface area contributed by atoms with Crippen molar-refractivity contribution in [1.29, 1.82) is 0 Å². The van der Waals surface area contributed by atoms with Crippen LogP contribution in [0.2, 0.25) is 5.02 Å². The summed E-state index contributed by atoms with van der Waals surface area (Å²) in [6.45, 7) is 1.99. The first-order valence-corrected chi connectivity index (χ1v) is 8.81. The minimum absolute atomic E-state index is 0.108. The molecule has 0 aliphatic rings. The van der Waals surface area contributed by atoms with Crippen molar-refractivity contribution in [2.45, 2.75) is 6.92 Å². The van der Waals surface area contributed by atoms with Gasteiger partial charge in [-0.3, -0.25) is 0 Å². The van der Waals surface area contributed by atoms with Crippen molar-refractivity contribution in [3.63, 3.8) is 0 Å². The maximum absolute atomic E-state index is 11.6. The van der Waals surface area contributed by atoms with E-state index in [1.54, 1.807) is 18.3 Å². The monoisotopic (exact) mass is 390 g/mol. The molecule has 0 saturated carbocycles. The van der Waals surface area contributed by atoms with Crippen LogP contribution in [0.1, 0.15) is 5.56 Å². The molecular formula is C20H15ClN6O. The highest BCUT2D eigenvalue weighted by atomic mass is 35.5. The molecular weight excluding hydrogens is 376 g/mol. The zero-order chi connectivity index (χ0) is 19.7. The lowest BCUT2D eigenvalue weighted by Crippen LogP contribution is -1.99. The van der Waals surface area contributed by atoms with Crippen molar-refractivity contribution < 1.29 is 0 Å². The average molecular weight is 391 g/mol. The smallest absolute Gasteiger partial charge is 0.176 e. The molecule has 0 fully saturated rings. The number of halogens is 1. The lowest BCUT2D eigenvalue weighted by molar-refractivity contribution is 1.16. The van der Waals surface area contributed by atoms with E-state index in [1.165, 1.54) is 6.33 Å². The second kappa shape index (κ2) is 7.21. The van der Waals surface area contributed by atoms with Gasteiger partial charge < -0.3 is 11.1 Å². The summed E-state index contributed by atoms with van der Waals surface area (Å²) in [7, 11) is 0. The molecule has 28 heavy (non-hydrogen) atoms. The van der Waals surface area contributed by atoms with Gasteiger partial charge >= 0.3 is 0 Å². The summed E-state index contributed by atoms with van der Waals surface area (Å²) in [6.07, 6.45) is 2.97. The molecule has 138 valence electrons. The van der Waals surface area contributed by atoms with Crippen LogP contribution in [0.5, 0.6) is 0 Å². The van der Waals surface area contributed by atoms with E-state index in [0.717, 1.165) is 21.9 Å². The highest BCUT2D eigenvalue weighted by molar-refractivity contribution is 6.38. The number of nitrogens with zero attached hydrogens (tertiary/aromatic N) is 4. The molecule has 7 nitrogen and oxygen atoms in total. The average Bonchev–Trinajstić information content (AvgIpc) is 2.71. The zero-order valence-electron chi connectivity index (χ0n) is 14.8. The second-order valence-electron chi connectivity index (χ2n) is 6.22. The first-order valence-electron chi connectivity index (χ1n) is 8.43. The molecule has 0 amide bonds. The van der Waals surface area contributed by atoms with Gasteiger partial charge in [-0.2, -0.15) is 0 Å². The molecule has 0 spiro atoms. The molecule has 0 saturated heterocycles. The van der Waals surface area contributed by atoms with Crippen LogP contribution < -0.4 is 11.1 Å². The molecule has 2 aromatic carbocycles. The third-order valence-corrected chi connectivity index (χ3v) is 4.81. The van der Waals surface area contributed by atoms with Crippen LogP contribution in [0, 0.1) is 11.8 Å². The van der Waals surface area contributed by atoms with Crippen LogP contribution in [0.3, 0.4) is 0 Å². The first kappa shape index (κ1) is 17.8. The van der Waals surface area contributed by atoms with Gasteiger partial charge in [0.1, 0.15) is 17.8 Å². The number of rotatable bonds is 4. The molecule has 0 aliphatic heterocycles. The number of nitrogen functional groups attached to an aromatic ring is 1. The number of aromatic nitrogens is 3. The Bertz CT molecular complexity index is 1190. The highest BCUT2D eigenvalue weighted by Gasteiger charge is 2.16. The van der Waals surface area contributed by atoms with Crippen molar-refractivity contribution in [1.82, 2.24) is 15.0 Å². The zero-order valence-corrected chi connectivity index (χ0v) is 15.6. The standard InChI is InChI=1S/C20H15ClN6O/c1-11-2-4-12(5-3-11)17-18(27-28)20(25-10-24-17)26-15-7-6-14-13(16(15)21)8-9-23-19(14)22/h2-10H,1H3,(H2,22,23)(H,24,25,26). The summed E-state index contributed by atoms with van der Waals surface area (Å²) in [4.78, 5) is 24.1. The molecule has 2 heterocycles. The molecule has 2 aromatic heterocycles. The topological polar surface area (TPSA) is 106 Å². The van der Waals surface area contributed by atoms with Gasteiger partial charge in [0.05, 0.1) is 10.7 Å². The number of hydrogen-bond acceptors (Lipinski definition) is 7. The number of fused-ring (bicyclic) bond motifs is 1. The van der Waals surface area contributed by atoms with Crippen LogP contribution in [0.25, 0.3) is 22.0 Å². The van der Waals surface area contributed by atoms with Crippen LogP contribution >= 0.6 is 11.6 Å². The highest BCUT2D eigenvalue weighted by Crippen LogP contribution is 2.38. The molecule has 4 rings (SSSR count). The number of pyridine rings is 1. The van der Waals surface area contributed by atoms with Gasteiger partial charge in [-0.1, -0.05) is 41.4 Å². The van der Waals surface area contributed by atoms with Gasteiger partial charge in [0, 0.05) is 22.5 Å². The third kappa shape index (κ3) is 3.12. The predicted molar refractivity (Wildman–Crippen MR) is 112 cm³/mol. The summed E-state index contributed by atoms with van der Waals surface area (Å²) < 4.78 is 0. The minimum Gasteiger partial charge on any atom is -0.383 e. The van der Waals surface area contributed by atoms with Crippen LogP contribution in [-0.2, 0) is 0 Å². The maximum atomic E-state index is 11.6. The summed E-state index contributed by atoms with van der Waals surface area (Å²) in [6, 6.07) is 13.0. The van der Waals surface area contributed by atoms with Gasteiger partial charge in [0.25, 0.3) is 0 Å². The van der Waals surface area contributed by atoms with E-state index >= 15 is 0 Å². The van der Waals surface area contributed by atoms with Gasteiger partial charge in [-0.25, -0.2) is 15.0 Å². The van der Waals surface area contributed by atoms with Crippen molar-refractivity contribution in [2.75, 3.05) is 11.1 Å². The Morgan fingerprint density at radius 3 is 2.54 bits per heavy atom. The quantitative estimate of drug-likeness (QED) is 0.453. The van der Waals surface area contributed by atoms with Crippen molar-refractivity contribution >= 4 is 45.4 Å². The van der Waals surface area contributed by atoms with Crippen molar-refractivity contribution in [3.05, 3.63) is 70.5 Å². The van der Waals surface area contributed by atoms with E-state index in [2.05, 4.69) is 25.4 Å². The molecule has 0 bridgehead atoms. The van der Waals surface area contributed by atoms with Gasteiger partial charge in [-0.05, 0) is 30.3 Å². The number of nitrogens with one attached hydrogen (secondary N) is 1. The van der Waals surface area contributed by atoms with Crippen LogP contribution in [0.15, 0.2) is 60.2 Å². The van der Waals surface area contributed by atoms with E-state index in [1.807, 2.05) is 37.3 Å². The van der Waals surface area contributed by atoms with E-state index in [9.17, 15) is 4.91 Å². The Morgan fingerprint density at radius 1 is 1.00 bits per heavy atom.